The molecule has 0 spiro atoms. The third-order valence-electron chi connectivity index (χ3n) is 4.44. The molecule has 2 saturated heterocycles. The molecule has 0 saturated carbocycles. The summed E-state index contributed by atoms with van der Waals surface area (Å²) in [6.07, 6.45) is 5.05. The molecule has 1 unspecified atom stereocenters. The van der Waals surface area contributed by atoms with Crippen molar-refractivity contribution in [2.45, 2.75) is 52.0 Å². The number of rotatable bonds is 1. The highest BCUT2D eigenvalue weighted by Crippen LogP contribution is 2.35. The quantitative estimate of drug-likeness (QED) is 0.692. The van der Waals surface area contributed by atoms with Gasteiger partial charge in [0.1, 0.15) is 0 Å². The summed E-state index contributed by atoms with van der Waals surface area (Å²) in [6, 6.07) is 0. The molecule has 0 aliphatic carbocycles. The van der Waals surface area contributed by atoms with E-state index in [1.165, 1.54) is 32.4 Å². The number of nitrogens with zero attached hydrogens (tertiary/aromatic N) is 1. The van der Waals surface area contributed by atoms with Crippen molar-refractivity contribution in [2.75, 3.05) is 19.7 Å². The Kier molecular flexibility index (Phi) is 3.82. The van der Waals surface area contributed by atoms with Crippen LogP contribution in [0.1, 0.15) is 46.5 Å². The van der Waals surface area contributed by atoms with Crippen LogP contribution in [0.3, 0.4) is 0 Å². The molecule has 0 aromatic heterocycles. The second-order valence-electron chi connectivity index (χ2n) is 6.64. The minimum Gasteiger partial charge on any atom is -0.499 e. The Bertz CT molecular complexity index is 271. The van der Waals surface area contributed by atoms with Crippen LogP contribution in [-0.2, 0) is 4.74 Å². The summed E-state index contributed by atoms with van der Waals surface area (Å²) in [5.74, 6) is 2.74. The van der Waals surface area contributed by atoms with Crippen molar-refractivity contribution in [1.29, 1.82) is 0 Å². The zero-order valence-corrected chi connectivity index (χ0v) is 11.7. The van der Waals surface area contributed by atoms with Crippen LogP contribution < -0.4 is 0 Å². The standard InChI is InChI=1S/C15H27NO/c1-12-11-14(7-10-17-12)13-5-8-16(9-6-13)15(2,3)4/h13-14H,1,5-11H2,2-4H3. The van der Waals surface area contributed by atoms with Crippen LogP contribution in [0.2, 0.25) is 0 Å². The van der Waals surface area contributed by atoms with Gasteiger partial charge in [0.05, 0.1) is 12.4 Å². The normalized spacial score (nSPS) is 29.1. The summed E-state index contributed by atoms with van der Waals surface area (Å²) < 4.78 is 5.47. The SMILES string of the molecule is C=C1CC(C2CCN(C(C)(C)C)CC2)CCO1. The van der Waals surface area contributed by atoms with E-state index in [9.17, 15) is 0 Å². The lowest BCUT2D eigenvalue weighted by Crippen LogP contribution is -2.47. The fourth-order valence-corrected chi connectivity index (χ4v) is 3.25. The molecule has 1 atom stereocenters. The molecule has 2 heteroatoms. The monoisotopic (exact) mass is 237 g/mol. The Balaban J connectivity index is 1.84. The van der Waals surface area contributed by atoms with Crippen LogP contribution in [0.15, 0.2) is 12.3 Å². The number of allylic oxidation sites excluding steroid dienone is 1. The molecule has 2 nitrogen and oxygen atoms in total. The Morgan fingerprint density at radius 1 is 1.12 bits per heavy atom. The highest BCUT2D eigenvalue weighted by molar-refractivity contribution is 4.93. The van der Waals surface area contributed by atoms with Crippen LogP contribution in [-0.4, -0.2) is 30.1 Å². The van der Waals surface area contributed by atoms with Crippen LogP contribution in [0.4, 0.5) is 0 Å². The first kappa shape index (κ1) is 12.9. The first-order valence-electron chi connectivity index (χ1n) is 7.02. The minimum atomic E-state index is 0.338. The first-order valence-corrected chi connectivity index (χ1v) is 7.02. The second-order valence-corrected chi connectivity index (χ2v) is 6.64. The zero-order valence-electron chi connectivity index (χ0n) is 11.7. The predicted molar refractivity (Wildman–Crippen MR) is 71.9 cm³/mol. The smallest absolute Gasteiger partial charge is 0.0891 e. The van der Waals surface area contributed by atoms with Crippen molar-refractivity contribution in [3.63, 3.8) is 0 Å². The Morgan fingerprint density at radius 2 is 1.76 bits per heavy atom. The molecule has 0 aromatic rings. The Hall–Kier alpha value is -0.500. The maximum Gasteiger partial charge on any atom is 0.0891 e. The fourth-order valence-electron chi connectivity index (χ4n) is 3.25. The van der Waals surface area contributed by atoms with Crippen molar-refractivity contribution < 1.29 is 4.74 Å². The van der Waals surface area contributed by atoms with Gasteiger partial charge in [-0.2, -0.15) is 0 Å². The summed E-state index contributed by atoms with van der Waals surface area (Å²) in [4.78, 5) is 2.62. The van der Waals surface area contributed by atoms with Crippen molar-refractivity contribution in [3.05, 3.63) is 12.3 Å². The molecule has 2 aliphatic rings. The minimum absolute atomic E-state index is 0.338. The van der Waals surface area contributed by atoms with Crippen molar-refractivity contribution in [2.24, 2.45) is 11.8 Å². The Morgan fingerprint density at radius 3 is 2.29 bits per heavy atom. The third kappa shape index (κ3) is 3.25. The lowest BCUT2D eigenvalue weighted by atomic mass is 9.78. The number of likely N-dealkylation sites (tertiary alicyclic amines) is 1. The van der Waals surface area contributed by atoms with Gasteiger partial charge in [0, 0.05) is 12.0 Å². The summed E-state index contributed by atoms with van der Waals surface area (Å²) in [5.41, 5.74) is 0.338. The average Bonchev–Trinajstić information content (AvgIpc) is 2.28. The van der Waals surface area contributed by atoms with Gasteiger partial charge in [-0.05, 0) is 65.0 Å². The van der Waals surface area contributed by atoms with Gasteiger partial charge in [-0.15, -0.1) is 0 Å². The van der Waals surface area contributed by atoms with E-state index in [4.69, 9.17) is 4.74 Å². The van der Waals surface area contributed by atoms with Crippen LogP contribution in [0.25, 0.3) is 0 Å². The van der Waals surface area contributed by atoms with Gasteiger partial charge in [-0.3, -0.25) is 4.90 Å². The molecule has 2 heterocycles. The van der Waals surface area contributed by atoms with E-state index in [0.29, 0.717) is 5.54 Å². The van der Waals surface area contributed by atoms with E-state index in [0.717, 1.165) is 30.6 Å². The largest absolute Gasteiger partial charge is 0.499 e. The Labute approximate surface area is 106 Å². The van der Waals surface area contributed by atoms with Gasteiger partial charge in [0.25, 0.3) is 0 Å². The van der Waals surface area contributed by atoms with Crippen molar-refractivity contribution >= 4 is 0 Å². The summed E-state index contributed by atoms with van der Waals surface area (Å²) in [7, 11) is 0. The van der Waals surface area contributed by atoms with Crippen molar-refractivity contribution in [1.82, 2.24) is 4.90 Å². The van der Waals surface area contributed by atoms with E-state index in [1.54, 1.807) is 0 Å². The number of piperidine rings is 1. The van der Waals surface area contributed by atoms with Gasteiger partial charge in [-0.1, -0.05) is 6.58 Å². The maximum atomic E-state index is 5.47. The molecule has 0 amide bonds. The first-order chi connectivity index (χ1) is 7.97. The molecule has 0 aromatic carbocycles. The lowest BCUT2D eigenvalue weighted by Gasteiger charge is -2.43. The molecule has 0 radical (unpaired) electrons. The third-order valence-corrected chi connectivity index (χ3v) is 4.44. The molecule has 2 rings (SSSR count). The van der Waals surface area contributed by atoms with Gasteiger partial charge < -0.3 is 4.74 Å². The highest BCUT2D eigenvalue weighted by atomic mass is 16.5. The summed E-state index contributed by atoms with van der Waals surface area (Å²) in [5, 5.41) is 0. The summed E-state index contributed by atoms with van der Waals surface area (Å²) >= 11 is 0. The van der Waals surface area contributed by atoms with E-state index < -0.39 is 0 Å². The topological polar surface area (TPSA) is 12.5 Å². The average molecular weight is 237 g/mol. The van der Waals surface area contributed by atoms with Gasteiger partial charge in [-0.25, -0.2) is 0 Å². The molecule has 2 aliphatic heterocycles. The zero-order chi connectivity index (χ0) is 12.5. The fraction of sp³-hybridized carbons (Fsp3) is 0.867. The molecular weight excluding hydrogens is 210 g/mol. The lowest BCUT2D eigenvalue weighted by molar-refractivity contribution is 0.0439. The number of hydrogen-bond acceptors (Lipinski definition) is 2. The number of hydrogen-bond donors (Lipinski definition) is 0. The molecule has 0 N–H and O–H groups in total. The molecule has 2 fully saturated rings. The molecule has 98 valence electrons. The van der Waals surface area contributed by atoms with Crippen molar-refractivity contribution in [3.8, 4) is 0 Å². The van der Waals surface area contributed by atoms with Gasteiger partial charge in [0.2, 0.25) is 0 Å². The second kappa shape index (κ2) is 5.01. The van der Waals surface area contributed by atoms with Crippen LogP contribution in [0.5, 0.6) is 0 Å². The van der Waals surface area contributed by atoms with Gasteiger partial charge in [0.15, 0.2) is 0 Å². The summed E-state index contributed by atoms with van der Waals surface area (Å²) in [6.45, 7) is 14.4. The van der Waals surface area contributed by atoms with Gasteiger partial charge >= 0.3 is 0 Å². The predicted octanol–water partition coefficient (Wildman–Crippen LogP) is 3.44. The van der Waals surface area contributed by atoms with E-state index in [1.807, 2.05) is 0 Å². The highest BCUT2D eigenvalue weighted by Gasteiger charge is 2.32. The molecule has 17 heavy (non-hydrogen) atoms. The van der Waals surface area contributed by atoms with E-state index >= 15 is 0 Å². The van der Waals surface area contributed by atoms with Crippen LogP contribution in [0, 0.1) is 11.8 Å². The maximum absolute atomic E-state index is 5.47. The van der Waals surface area contributed by atoms with Crippen LogP contribution >= 0.6 is 0 Å². The molecule has 0 bridgehead atoms. The van der Waals surface area contributed by atoms with E-state index in [-0.39, 0.29) is 0 Å². The van der Waals surface area contributed by atoms with E-state index in [2.05, 4.69) is 32.3 Å². The molecular formula is C15H27NO. The number of ether oxygens (including phenoxy) is 1.